The molecule has 4 aliphatic carbocycles. The molecule has 0 unspecified atom stereocenters. The van der Waals surface area contributed by atoms with Gasteiger partial charge in [0.05, 0.1) is 18.1 Å². The number of alkyl halides is 1. The maximum atomic E-state index is 16.7. The topological polar surface area (TPSA) is 46.5 Å². The number of hydrogen-bond acceptors (Lipinski definition) is 4. The molecule has 3 nitrogen and oxygen atoms in total. The van der Waals surface area contributed by atoms with Crippen LogP contribution in [0.5, 0.6) is 0 Å². The summed E-state index contributed by atoms with van der Waals surface area (Å²) in [6.45, 7) is 4.06. The molecule has 0 aromatic carbocycles. The zero-order valence-electron chi connectivity index (χ0n) is 15.8. The summed E-state index contributed by atoms with van der Waals surface area (Å²) in [5.74, 6) is 0.594. The number of thioether (sulfide) groups is 1. The van der Waals surface area contributed by atoms with E-state index in [-0.39, 0.29) is 29.1 Å². The summed E-state index contributed by atoms with van der Waals surface area (Å²) in [5.41, 5.74) is -1.93. The molecule has 0 aromatic rings. The fourth-order valence-electron chi connectivity index (χ4n) is 6.59. The maximum Gasteiger partial charge on any atom is 0.178 e. The van der Waals surface area contributed by atoms with Crippen LogP contribution >= 0.6 is 11.8 Å². The summed E-state index contributed by atoms with van der Waals surface area (Å²) in [4.78, 5) is 11.8. The third kappa shape index (κ3) is 2.29. The highest BCUT2D eigenvalue weighted by Gasteiger charge is 2.70. The lowest BCUT2D eigenvalue weighted by molar-refractivity contribution is -0.203. The van der Waals surface area contributed by atoms with Crippen LogP contribution in [0, 0.1) is 22.7 Å². The van der Waals surface area contributed by atoms with Crippen molar-refractivity contribution in [2.24, 2.45) is 22.7 Å². The molecule has 26 heavy (non-hydrogen) atoms. The molecule has 3 fully saturated rings. The number of rotatable bonds is 3. The van der Waals surface area contributed by atoms with Crippen molar-refractivity contribution in [2.45, 2.75) is 63.8 Å². The highest BCUT2D eigenvalue weighted by atomic mass is 32.2. The maximum absolute atomic E-state index is 16.7. The van der Waals surface area contributed by atoms with Crippen molar-refractivity contribution >= 4 is 17.5 Å². The van der Waals surface area contributed by atoms with Crippen LogP contribution < -0.4 is 0 Å². The number of allylic oxidation sites excluding steroid dienone is 4. The van der Waals surface area contributed by atoms with E-state index in [2.05, 4.69) is 6.92 Å². The van der Waals surface area contributed by atoms with Crippen molar-refractivity contribution in [3.8, 4) is 0 Å². The van der Waals surface area contributed by atoms with E-state index in [1.165, 1.54) is 6.08 Å². The molecule has 0 bridgehead atoms. The minimum atomic E-state index is -1.72. The van der Waals surface area contributed by atoms with Crippen molar-refractivity contribution in [3.63, 3.8) is 0 Å². The van der Waals surface area contributed by atoms with E-state index in [4.69, 9.17) is 4.74 Å². The number of carbonyl (C=O) groups is 1. The van der Waals surface area contributed by atoms with Gasteiger partial charge in [-0.2, -0.15) is 0 Å². The summed E-state index contributed by atoms with van der Waals surface area (Å²) in [7, 11) is 0. The molecule has 0 radical (unpaired) electrons. The first-order valence-corrected chi connectivity index (χ1v) is 11.1. The quantitative estimate of drug-likeness (QED) is 0.750. The van der Waals surface area contributed by atoms with Crippen LogP contribution in [0.25, 0.3) is 0 Å². The molecule has 7 atom stereocenters. The van der Waals surface area contributed by atoms with Gasteiger partial charge in [0.25, 0.3) is 0 Å². The first-order chi connectivity index (χ1) is 12.3. The van der Waals surface area contributed by atoms with Gasteiger partial charge in [-0.3, -0.25) is 4.79 Å². The molecule has 0 spiro atoms. The zero-order valence-corrected chi connectivity index (χ0v) is 16.7. The Morgan fingerprint density at radius 1 is 1.31 bits per heavy atom. The average molecular weight is 381 g/mol. The standard InChI is InChI=1S/C21H29FO3S/c1-19-11-17(24)21(22)16(15(19)6-7-18(19)25-12-26-3)5-4-13-10-14(23)8-9-20(13,21)2/h8-10,15-18,24H,4-7,11-12H2,1-3H3/t15-,16-,17-,18-,19-,20-,21-/m0/s1. The molecule has 5 heteroatoms. The summed E-state index contributed by atoms with van der Waals surface area (Å²) in [6.07, 6.45) is 9.61. The van der Waals surface area contributed by atoms with E-state index in [1.54, 1.807) is 23.9 Å². The Kier molecular flexibility index (Phi) is 4.44. The predicted octanol–water partition coefficient (Wildman–Crippen LogP) is 4.06. The molecule has 0 saturated heterocycles. The van der Waals surface area contributed by atoms with Crippen LogP contribution in [0.1, 0.15) is 46.0 Å². The normalized spacial score (nSPS) is 50.0. The fourth-order valence-corrected chi connectivity index (χ4v) is 6.89. The van der Waals surface area contributed by atoms with Gasteiger partial charge in [-0.15, -0.1) is 11.8 Å². The second-order valence-electron chi connectivity index (χ2n) is 8.99. The second-order valence-corrected chi connectivity index (χ2v) is 9.81. The van der Waals surface area contributed by atoms with E-state index in [0.717, 1.165) is 24.8 Å². The summed E-state index contributed by atoms with van der Waals surface area (Å²) >= 11 is 1.66. The predicted molar refractivity (Wildman–Crippen MR) is 102 cm³/mol. The first kappa shape index (κ1) is 18.7. The van der Waals surface area contributed by atoms with Crippen LogP contribution in [0.3, 0.4) is 0 Å². The highest BCUT2D eigenvalue weighted by Crippen LogP contribution is 2.68. The molecule has 3 saturated carbocycles. The first-order valence-electron chi connectivity index (χ1n) is 9.69. The number of fused-ring (bicyclic) bond motifs is 5. The largest absolute Gasteiger partial charge is 0.390 e. The van der Waals surface area contributed by atoms with Crippen molar-refractivity contribution in [1.29, 1.82) is 0 Å². The molecule has 0 heterocycles. The van der Waals surface area contributed by atoms with Gasteiger partial charge in [0.15, 0.2) is 11.5 Å². The van der Waals surface area contributed by atoms with Crippen LogP contribution in [-0.2, 0) is 9.53 Å². The van der Waals surface area contributed by atoms with Crippen LogP contribution in [0.15, 0.2) is 23.8 Å². The second kappa shape index (κ2) is 6.18. The van der Waals surface area contributed by atoms with E-state index >= 15 is 4.39 Å². The monoisotopic (exact) mass is 380 g/mol. The molecule has 1 N–H and O–H groups in total. The number of halogens is 1. The van der Waals surface area contributed by atoms with Crippen molar-refractivity contribution in [1.82, 2.24) is 0 Å². The number of ketones is 1. The third-order valence-corrected chi connectivity index (χ3v) is 8.31. The van der Waals surface area contributed by atoms with Crippen LogP contribution in [0.2, 0.25) is 0 Å². The van der Waals surface area contributed by atoms with Gasteiger partial charge < -0.3 is 9.84 Å². The van der Waals surface area contributed by atoms with Gasteiger partial charge >= 0.3 is 0 Å². The lowest BCUT2D eigenvalue weighted by Crippen LogP contribution is -2.67. The Balaban J connectivity index is 1.72. The van der Waals surface area contributed by atoms with Crippen LogP contribution in [-0.4, -0.2) is 41.0 Å². The lowest BCUT2D eigenvalue weighted by atomic mass is 9.46. The van der Waals surface area contributed by atoms with E-state index < -0.39 is 17.2 Å². The number of carbonyl (C=O) groups excluding carboxylic acids is 1. The Morgan fingerprint density at radius 3 is 2.81 bits per heavy atom. The summed E-state index contributed by atoms with van der Waals surface area (Å²) in [6, 6.07) is 0. The van der Waals surface area contributed by atoms with Gasteiger partial charge in [-0.1, -0.05) is 18.6 Å². The van der Waals surface area contributed by atoms with Crippen molar-refractivity contribution in [2.75, 3.05) is 12.2 Å². The highest BCUT2D eigenvalue weighted by molar-refractivity contribution is 7.98. The minimum Gasteiger partial charge on any atom is -0.390 e. The van der Waals surface area contributed by atoms with E-state index in [9.17, 15) is 9.90 Å². The van der Waals surface area contributed by atoms with Gasteiger partial charge in [0.2, 0.25) is 0 Å². The average Bonchev–Trinajstić information content (AvgIpc) is 2.91. The Bertz CT molecular complexity index is 676. The molecular weight excluding hydrogens is 351 g/mol. The summed E-state index contributed by atoms with van der Waals surface area (Å²) < 4.78 is 22.8. The van der Waals surface area contributed by atoms with Gasteiger partial charge in [-0.25, -0.2) is 4.39 Å². The number of hydrogen-bond donors (Lipinski definition) is 1. The Labute approximate surface area is 159 Å². The molecule has 144 valence electrons. The zero-order chi connectivity index (χ0) is 18.7. The smallest absolute Gasteiger partial charge is 0.178 e. The molecule has 4 rings (SSSR count). The Hall–Kier alpha value is -0.650. The SMILES string of the molecule is CSCO[C@H]1CC[C@H]2[C@@H]3CCC4=CC(=O)C=C[C@]4(C)[C@@]3(F)[C@@H](O)C[C@]12C. The Morgan fingerprint density at radius 2 is 2.08 bits per heavy atom. The summed E-state index contributed by atoms with van der Waals surface area (Å²) in [5, 5.41) is 11.1. The van der Waals surface area contributed by atoms with Gasteiger partial charge in [-0.05, 0) is 68.8 Å². The number of aliphatic hydroxyl groups excluding tert-OH is 1. The van der Waals surface area contributed by atoms with Crippen molar-refractivity contribution in [3.05, 3.63) is 23.8 Å². The number of ether oxygens (including phenoxy) is 1. The lowest BCUT2D eigenvalue weighted by Gasteiger charge is -2.61. The molecule has 0 aliphatic heterocycles. The van der Waals surface area contributed by atoms with E-state index in [0.29, 0.717) is 18.8 Å². The number of aliphatic hydroxyl groups is 1. The minimum absolute atomic E-state index is 0.0685. The van der Waals surface area contributed by atoms with Gasteiger partial charge in [0, 0.05) is 11.3 Å². The van der Waals surface area contributed by atoms with E-state index in [1.807, 2.05) is 13.2 Å². The third-order valence-electron chi connectivity index (χ3n) is 7.94. The fraction of sp³-hybridized carbons (Fsp3) is 0.762. The molecule has 4 aliphatic rings. The molecular formula is C21H29FO3S. The van der Waals surface area contributed by atoms with Crippen molar-refractivity contribution < 1.29 is 19.0 Å². The molecule has 0 amide bonds. The van der Waals surface area contributed by atoms with Gasteiger partial charge in [0.1, 0.15) is 0 Å². The molecule has 0 aromatic heterocycles. The van der Waals surface area contributed by atoms with Crippen LogP contribution in [0.4, 0.5) is 4.39 Å².